The molecule has 0 spiro atoms. The van der Waals surface area contributed by atoms with Gasteiger partial charge in [-0.15, -0.1) is 0 Å². The van der Waals surface area contributed by atoms with Crippen molar-refractivity contribution >= 4 is 5.91 Å². The summed E-state index contributed by atoms with van der Waals surface area (Å²) in [6.07, 6.45) is 2.05. The Morgan fingerprint density at radius 3 is 2.77 bits per heavy atom. The maximum Gasteiger partial charge on any atom is 0.224 e. The zero-order valence-corrected chi connectivity index (χ0v) is 15.5. The molecule has 1 amide bonds. The van der Waals surface area contributed by atoms with Crippen LogP contribution in [0.4, 0.5) is 0 Å². The molecule has 2 aromatic rings. The van der Waals surface area contributed by atoms with Gasteiger partial charge in [0.15, 0.2) is 0 Å². The molecule has 26 heavy (non-hydrogen) atoms. The molecular formula is C22H28N2O2. The highest BCUT2D eigenvalue weighted by molar-refractivity contribution is 5.79. The van der Waals surface area contributed by atoms with Crippen molar-refractivity contribution in [3.8, 4) is 11.1 Å². The van der Waals surface area contributed by atoms with E-state index < -0.39 is 0 Å². The summed E-state index contributed by atoms with van der Waals surface area (Å²) in [6.45, 7) is 4.10. The summed E-state index contributed by atoms with van der Waals surface area (Å²) in [5.41, 5.74) is 3.51. The van der Waals surface area contributed by atoms with Crippen LogP contribution in [0.15, 0.2) is 54.6 Å². The third kappa shape index (κ3) is 5.16. The van der Waals surface area contributed by atoms with Crippen LogP contribution in [0, 0.1) is 5.92 Å². The third-order valence-corrected chi connectivity index (χ3v) is 4.99. The molecule has 0 radical (unpaired) electrons. The van der Waals surface area contributed by atoms with Gasteiger partial charge in [0.1, 0.15) is 0 Å². The second-order valence-corrected chi connectivity index (χ2v) is 6.92. The highest BCUT2D eigenvalue weighted by Gasteiger charge is 2.25. The van der Waals surface area contributed by atoms with E-state index in [1.165, 1.54) is 11.1 Å². The van der Waals surface area contributed by atoms with Gasteiger partial charge in [-0.3, -0.25) is 4.79 Å². The molecule has 1 atom stereocenters. The van der Waals surface area contributed by atoms with Gasteiger partial charge in [0.05, 0.1) is 12.5 Å². The molecule has 1 saturated heterocycles. The predicted octanol–water partition coefficient (Wildman–Crippen LogP) is 3.33. The molecule has 1 N–H and O–H groups in total. The number of carbonyl (C=O) groups excluding carboxylic acids is 1. The first-order valence-electron chi connectivity index (χ1n) is 9.39. The molecule has 0 bridgehead atoms. The number of hydrogen-bond donors (Lipinski definition) is 1. The number of hydrogen-bond acceptors (Lipinski definition) is 3. The van der Waals surface area contributed by atoms with Crippen LogP contribution in [0.1, 0.15) is 18.4 Å². The van der Waals surface area contributed by atoms with Crippen molar-refractivity contribution in [2.75, 3.05) is 33.4 Å². The van der Waals surface area contributed by atoms with Gasteiger partial charge in [-0.1, -0.05) is 48.5 Å². The number of nitrogens with one attached hydrogen (secondary N) is 1. The maximum absolute atomic E-state index is 12.6. The molecule has 4 nitrogen and oxygen atoms in total. The average Bonchev–Trinajstić information content (AvgIpc) is 2.71. The summed E-state index contributed by atoms with van der Waals surface area (Å²) in [6, 6.07) is 18.7. The largest absolute Gasteiger partial charge is 0.383 e. The molecule has 0 unspecified atom stereocenters. The van der Waals surface area contributed by atoms with Crippen LogP contribution in [0.2, 0.25) is 0 Å². The van der Waals surface area contributed by atoms with Crippen molar-refractivity contribution in [1.82, 2.24) is 10.2 Å². The Morgan fingerprint density at radius 2 is 1.96 bits per heavy atom. The third-order valence-electron chi connectivity index (χ3n) is 4.99. The number of nitrogens with zero attached hydrogens (tertiary/aromatic N) is 1. The molecule has 0 saturated carbocycles. The van der Waals surface area contributed by atoms with Crippen LogP contribution in [-0.4, -0.2) is 44.2 Å². The van der Waals surface area contributed by atoms with Gasteiger partial charge < -0.3 is 15.0 Å². The molecule has 2 aromatic carbocycles. The van der Waals surface area contributed by atoms with Gasteiger partial charge in [-0.25, -0.2) is 0 Å². The predicted molar refractivity (Wildman–Crippen MR) is 105 cm³/mol. The molecule has 1 fully saturated rings. The monoisotopic (exact) mass is 352 g/mol. The van der Waals surface area contributed by atoms with Crippen molar-refractivity contribution in [2.45, 2.75) is 19.4 Å². The quantitative estimate of drug-likeness (QED) is 0.831. The Balaban J connectivity index is 1.54. The second kappa shape index (κ2) is 9.51. The lowest BCUT2D eigenvalue weighted by Crippen LogP contribution is -2.43. The van der Waals surface area contributed by atoms with Gasteiger partial charge >= 0.3 is 0 Å². The van der Waals surface area contributed by atoms with E-state index in [0.29, 0.717) is 6.54 Å². The van der Waals surface area contributed by atoms with E-state index in [9.17, 15) is 4.79 Å². The summed E-state index contributed by atoms with van der Waals surface area (Å²) in [5.74, 6) is 0.246. The first-order chi connectivity index (χ1) is 12.8. The fourth-order valence-electron chi connectivity index (χ4n) is 3.52. The van der Waals surface area contributed by atoms with Crippen molar-refractivity contribution < 1.29 is 9.53 Å². The lowest BCUT2D eigenvalue weighted by Gasteiger charge is -2.31. The fourth-order valence-corrected chi connectivity index (χ4v) is 3.52. The summed E-state index contributed by atoms with van der Waals surface area (Å²) in [7, 11) is 1.72. The molecule has 138 valence electrons. The topological polar surface area (TPSA) is 41.6 Å². The Kier molecular flexibility index (Phi) is 6.81. The van der Waals surface area contributed by atoms with Crippen LogP contribution < -0.4 is 5.32 Å². The maximum atomic E-state index is 12.6. The number of likely N-dealkylation sites (tertiary alicyclic amines) is 1. The molecule has 3 rings (SSSR count). The van der Waals surface area contributed by atoms with E-state index in [1.807, 2.05) is 18.2 Å². The van der Waals surface area contributed by atoms with Gasteiger partial charge in [0.2, 0.25) is 5.91 Å². The Hall–Kier alpha value is -2.17. The SMILES string of the molecule is COCCN1CCC[C@H](C(=O)NCc2cccc(-c3ccccc3)c2)C1. The van der Waals surface area contributed by atoms with E-state index in [2.05, 4.69) is 46.6 Å². The average molecular weight is 352 g/mol. The van der Waals surface area contributed by atoms with Crippen molar-refractivity contribution in [1.29, 1.82) is 0 Å². The van der Waals surface area contributed by atoms with E-state index in [0.717, 1.165) is 44.6 Å². The number of piperidine rings is 1. The number of carbonyl (C=O) groups is 1. The molecule has 1 aliphatic rings. The van der Waals surface area contributed by atoms with Gasteiger partial charge in [-0.05, 0) is 42.1 Å². The Morgan fingerprint density at radius 1 is 1.15 bits per heavy atom. The molecule has 4 heteroatoms. The van der Waals surface area contributed by atoms with E-state index in [1.54, 1.807) is 7.11 Å². The normalized spacial score (nSPS) is 17.8. The minimum absolute atomic E-state index is 0.0814. The summed E-state index contributed by atoms with van der Waals surface area (Å²) < 4.78 is 5.15. The minimum Gasteiger partial charge on any atom is -0.383 e. The standard InChI is InChI=1S/C22H28N2O2/c1-26-14-13-24-12-6-11-21(17-24)22(25)23-16-18-7-5-10-20(15-18)19-8-3-2-4-9-19/h2-5,7-10,15,21H,6,11-14,16-17H2,1H3,(H,23,25)/t21-/m0/s1. The zero-order valence-electron chi connectivity index (χ0n) is 15.5. The van der Waals surface area contributed by atoms with Gasteiger partial charge in [0, 0.05) is 26.7 Å². The molecular weight excluding hydrogens is 324 g/mol. The summed E-state index contributed by atoms with van der Waals surface area (Å²) >= 11 is 0. The molecule has 1 heterocycles. The van der Waals surface area contributed by atoms with Crippen LogP contribution in [0.25, 0.3) is 11.1 Å². The van der Waals surface area contributed by atoms with E-state index >= 15 is 0 Å². The molecule has 1 aliphatic heterocycles. The van der Waals surface area contributed by atoms with Crippen molar-refractivity contribution in [2.24, 2.45) is 5.92 Å². The summed E-state index contributed by atoms with van der Waals surface area (Å²) in [4.78, 5) is 14.9. The lowest BCUT2D eigenvalue weighted by molar-refractivity contribution is -0.126. The number of amides is 1. The van der Waals surface area contributed by atoms with Gasteiger partial charge in [-0.2, -0.15) is 0 Å². The number of methoxy groups -OCH3 is 1. The number of rotatable bonds is 7. The fraction of sp³-hybridized carbons (Fsp3) is 0.409. The van der Waals surface area contributed by atoms with Crippen molar-refractivity contribution in [3.63, 3.8) is 0 Å². The Bertz CT molecular complexity index is 702. The van der Waals surface area contributed by atoms with Crippen LogP contribution >= 0.6 is 0 Å². The number of ether oxygens (including phenoxy) is 1. The van der Waals surface area contributed by atoms with Gasteiger partial charge in [0.25, 0.3) is 0 Å². The first kappa shape index (κ1) is 18.6. The van der Waals surface area contributed by atoms with E-state index in [4.69, 9.17) is 4.74 Å². The lowest BCUT2D eigenvalue weighted by atomic mass is 9.97. The second-order valence-electron chi connectivity index (χ2n) is 6.92. The molecule has 0 aliphatic carbocycles. The first-order valence-corrected chi connectivity index (χ1v) is 9.39. The number of benzene rings is 2. The Labute approximate surface area is 156 Å². The highest BCUT2D eigenvalue weighted by Crippen LogP contribution is 2.20. The smallest absolute Gasteiger partial charge is 0.224 e. The molecule has 0 aromatic heterocycles. The van der Waals surface area contributed by atoms with Crippen LogP contribution in [0.5, 0.6) is 0 Å². The zero-order chi connectivity index (χ0) is 18.2. The van der Waals surface area contributed by atoms with Crippen LogP contribution in [0.3, 0.4) is 0 Å². The van der Waals surface area contributed by atoms with Crippen molar-refractivity contribution in [3.05, 3.63) is 60.2 Å². The van der Waals surface area contributed by atoms with Crippen LogP contribution in [-0.2, 0) is 16.1 Å². The minimum atomic E-state index is 0.0814. The highest BCUT2D eigenvalue weighted by atomic mass is 16.5. The summed E-state index contributed by atoms with van der Waals surface area (Å²) in [5, 5.41) is 3.13. The van der Waals surface area contributed by atoms with E-state index in [-0.39, 0.29) is 11.8 Å².